The van der Waals surface area contributed by atoms with Crippen molar-refractivity contribution in [3.63, 3.8) is 0 Å². The molecule has 0 amide bonds. The predicted molar refractivity (Wildman–Crippen MR) is 125 cm³/mol. The van der Waals surface area contributed by atoms with Crippen LogP contribution in [-0.4, -0.2) is 70.1 Å². The molecule has 1 saturated heterocycles. The van der Waals surface area contributed by atoms with Gasteiger partial charge in [0.25, 0.3) is 0 Å². The highest BCUT2D eigenvalue weighted by atomic mass is 35.5. The number of hydrogen-bond donors (Lipinski definition) is 6. The number of aliphatic carboxylic acids is 3. The molecular weight excluding hydrogens is 489 g/mol. The van der Waals surface area contributed by atoms with Crippen LogP contribution in [-0.2, 0) is 19.8 Å². The molecule has 0 unspecified atom stereocenters. The molecule has 1 heterocycles. The normalized spacial score (nSPS) is 17.7. The number of benzene rings is 1. The molecule has 1 aliphatic rings. The predicted octanol–water partition coefficient (Wildman–Crippen LogP) is 2.26. The van der Waals surface area contributed by atoms with Gasteiger partial charge in [0, 0.05) is 24.9 Å². The first-order chi connectivity index (χ1) is 16.0. The second-order valence-corrected chi connectivity index (χ2v) is 8.89. The molecule has 1 aromatic rings. The SMILES string of the molecule is N#CCCNCC[C@]1(c2ccc(Cl)c(Cl)c2)CCCNC1.O=C(O)CC(O)(CC(=O)O)C(=O)O. The number of carboxylic acids is 3. The van der Waals surface area contributed by atoms with Gasteiger partial charge < -0.3 is 31.1 Å². The van der Waals surface area contributed by atoms with Crippen molar-refractivity contribution in [2.24, 2.45) is 0 Å². The first-order valence-corrected chi connectivity index (χ1v) is 11.3. The summed E-state index contributed by atoms with van der Waals surface area (Å²) in [5.74, 6) is -5.02. The average Bonchev–Trinajstić information content (AvgIpc) is 2.75. The first kappa shape index (κ1) is 29.6. The van der Waals surface area contributed by atoms with Gasteiger partial charge in [-0.1, -0.05) is 29.3 Å². The molecule has 1 fully saturated rings. The Balaban J connectivity index is 0.000000385. The summed E-state index contributed by atoms with van der Waals surface area (Å²) in [7, 11) is 0. The maximum atomic E-state index is 10.3. The fraction of sp³-hybridized carbons (Fsp3) is 0.545. The first-order valence-electron chi connectivity index (χ1n) is 10.6. The lowest BCUT2D eigenvalue weighted by atomic mass is 9.72. The van der Waals surface area contributed by atoms with Crippen LogP contribution in [0.3, 0.4) is 0 Å². The maximum Gasteiger partial charge on any atom is 0.336 e. The highest BCUT2D eigenvalue weighted by Gasteiger charge is 2.40. The number of carbonyl (C=O) groups is 3. The van der Waals surface area contributed by atoms with Crippen LogP contribution >= 0.6 is 23.2 Å². The summed E-state index contributed by atoms with van der Waals surface area (Å²) >= 11 is 12.2. The topological polar surface area (TPSA) is 180 Å². The number of nitriles is 1. The van der Waals surface area contributed by atoms with E-state index in [4.69, 9.17) is 48.9 Å². The summed E-state index contributed by atoms with van der Waals surface area (Å²) in [6.45, 7) is 3.70. The van der Waals surface area contributed by atoms with Crippen molar-refractivity contribution in [3.05, 3.63) is 33.8 Å². The molecule has 12 heteroatoms. The zero-order valence-corrected chi connectivity index (χ0v) is 20.0. The lowest BCUT2D eigenvalue weighted by Gasteiger charge is -2.38. The molecule has 1 atom stereocenters. The standard InChI is InChI=1S/C16H21Cl2N3.C6H8O7/c17-14-4-3-13(11-15(14)18)16(5-1-8-21-12-16)6-10-20-9-2-7-19;7-3(8)1-6(13,5(11)12)2-4(9)10/h3-4,11,20-21H,1-2,5-6,8-10,12H2;13H,1-2H2,(H,7,8)(H,9,10)(H,11,12)/t16-;/m1./s1. The van der Waals surface area contributed by atoms with Crippen molar-refractivity contribution in [1.82, 2.24) is 10.6 Å². The zero-order valence-electron chi connectivity index (χ0n) is 18.5. The molecule has 34 heavy (non-hydrogen) atoms. The average molecular weight is 518 g/mol. The Kier molecular flexibility index (Phi) is 12.3. The van der Waals surface area contributed by atoms with E-state index in [9.17, 15) is 14.4 Å². The quantitative estimate of drug-likeness (QED) is 0.238. The largest absolute Gasteiger partial charge is 0.481 e. The molecule has 1 aliphatic heterocycles. The van der Waals surface area contributed by atoms with Crippen molar-refractivity contribution in [2.75, 3.05) is 26.2 Å². The Morgan fingerprint density at radius 1 is 1.12 bits per heavy atom. The zero-order chi connectivity index (χ0) is 25.8. The Bertz CT molecular complexity index is 883. The molecule has 0 spiro atoms. The molecule has 188 valence electrons. The Morgan fingerprint density at radius 2 is 1.76 bits per heavy atom. The molecule has 0 saturated carbocycles. The molecule has 0 radical (unpaired) electrons. The van der Waals surface area contributed by atoms with E-state index < -0.39 is 36.4 Å². The third-order valence-electron chi connectivity index (χ3n) is 5.48. The van der Waals surface area contributed by atoms with Gasteiger partial charge in [-0.15, -0.1) is 0 Å². The third-order valence-corrected chi connectivity index (χ3v) is 6.22. The van der Waals surface area contributed by atoms with E-state index in [1.165, 1.54) is 12.0 Å². The maximum absolute atomic E-state index is 10.3. The minimum Gasteiger partial charge on any atom is -0.481 e. The van der Waals surface area contributed by atoms with Gasteiger partial charge in [-0.2, -0.15) is 5.26 Å². The van der Waals surface area contributed by atoms with Gasteiger partial charge in [0.2, 0.25) is 0 Å². The highest BCUT2D eigenvalue weighted by molar-refractivity contribution is 6.42. The van der Waals surface area contributed by atoms with Gasteiger partial charge in [-0.3, -0.25) is 9.59 Å². The lowest BCUT2D eigenvalue weighted by Crippen LogP contribution is -2.45. The van der Waals surface area contributed by atoms with Crippen LogP contribution in [0.2, 0.25) is 10.0 Å². The number of carboxylic acid groups (broad SMARTS) is 3. The lowest BCUT2D eigenvalue weighted by molar-refractivity contribution is -0.170. The van der Waals surface area contributed by atoms with Crippen molar-refractivity contribution in [1.29, 1.82) is 5.26 Å². The van der Waals surface area contributed by atoms with Gasteiger partial charge >= 0.3 is 17.9 Å². The molecule has 0 aromatic heterocycles. The summed E-state index contributed by atoms with van der Waals surface area (Å²) in [6.07, 6.45) is 1.61. The molecule has 0 aliphatic carbocycles. The van der Waals surface area contributed by atoms with Gasteiger partial charge in [0.1, 0.15) is 0 Å². The van der Waals surface area contributed by atoms with E-state index in [0.717, 1.165) is 39.0 Å². The molecule has 2 rings (SSSR count). The Hall–Kier alpha value is -2.42. The van der Waals surface area contributed by atoms with Crippen molar-refractivity contribution < 1.29 is 34.8 Å². The van der Waals surface area contributed by atoms with Gasteiger partial charge in [-0.05, 0) is 50.0 Å². The van der Waals surface area contributed by atoms with Crippen molar-refractivity contribution in [3.8, 4) is 6.07 Å². The van der Waals surface area contributed by atoms with E-state index in [1.54, 1.807) is 0 Å². The van der Waals surface area contributed by atoms with Crippen molar-refractivity contribution >= 4 is 41.1 Å². The number of halogens is 2. The number of aliphatic hydroxyl groups is 1. The second kappa shape index (κ2) is 14.1. The molecule has 0 bridgehead atoms. The van der Waals surface area contributed by atoms with E-state index in [0.29, 0.717) is 16.5 Å². The molecule has 6 N–H and O–H groups in total. The summed E-state index contributed by atoms with van der Waals surface area (Å²) in [5.41, 5.74) is -1.38. The van der Waals surface area contributed by atoms with Crippen LogP contribution in [0, 0.1) is 11.3 Å². The van der Waals surface area contributed by atoms with E-state index in [2.05, 4.69) is 22.8 Å². The summed E-state index contributed by atoms with van der Waals surface area (Å²) in [6, 6.07) is 8.14. The Labute approximate surface area is 207 Å². The summed E-state index contributed by atoms with van der Waals surface area (Å²) in [4.78, 5) is 30.5. The van der Waals surface area contributed by atoms with Crippen LogP contribution in [0.4, 0.5) is 0 Å². The number of nitrogens with one attached hydrogen (secondary N) is 2. The number of nitrogens with zero attached hydrogens (tertiary/aromatic N) is 1. The van der Waals surface area contributed by atoms with Gasteiger partial charge in [0.05, 0.1) is 29.0 Å². The minimum absolute atomic E-state index is 0.103. The number of piperidine rings is 1. The van der Waals surface area contributed by atoms with E-state index >= 15 is 0 Å². The van der Waals surface area contributed by atoms with Crippen molar-refractivity contribution in [2.45, 2.75) is 49.5 Å². The number of rotatable bonds is 11. The van der Waals surface area contributed by atoms with Crippen LogP contribution in [0.25, 0.3) is 0 Å². The summed E-state index contributed by atoms with van der Waals surface area (Å²) in [5, 5.41) is 50.5. The van der Waals surface area contributed by atoms with Crippen LogP contribution in [0.5, 0.6) is 0 Å². The van der Waals surface area contributed by atoms with Gasteiger partial charge in [0.15, 0.2) is 5.60 Å². The smallest absolute Gasteiger partial charge is 0.336 e. The number of hydrogen-bond acceptors (Lipinski definition) is 7. The van der Waals surface area contributed by atoms with Crippen LogP contribution < -0.4 is 10.6 Å². The fourth-order valence-electron chi connectivity index (χ4n) is 3.71. The van der Waals surface area contributed by atoms with Gasteiger partial charge in [-0.25, -0.2) is 4.79 Å². The molecule has 10 nitrogen and oxygen atoms in total. The van der Waals surface area contributed by atoms with E-state index in [1.807, 2.05) is 12.1 Å². The molecule has 1 aromatic carbocycles. The minimum atomic E-state index is -2.74. The monoisotopic (exact) mass is 517 g/mol. The van der Waals surface area contributed by atoms with E-state index in [-0.39, 0.29) is 5.41 Å². The van der Waals surface area contributed by atoms with Crippen LogP contribution in [0.1, 0.15) is 44.1 Å². The second-order valence-electron chi connectivity index (χ2n) is 8.08. The molecular formula is C22H29Cl2N3O7. The fourth-order valence-corrected chi connectivity index (χ4v) is 4.01. The Morgan fingerprint density at radius 3 is 2.24 bits per heavy atom. The third kappa shape index (κ3) is 9.44. The highest BCUT2D eigenvalue weighted by Crippen LogP contribution is 2.37. The van der Waals surface area contributed by atoms with Crippen LogP contribution in [0.15, 0.2) is 18.2 Å². The summed E-state index contributed by atoms with van der Waals surface area (Å²) < 4.78 is 0.